The molecule has 0 amide bonds. The van der Waals surface area contributed by atoms with Crippen LogP contribution in [0.1, 0.15) is 65.7 Å². The van der Waals surface area contributed by atoms with Crippen molar-refractivity contribution in [3.8, 4) is 0 Å². The summed E-state index contributed by atoms with van der Waals surface area (Å²) in [6.45, 7) is 9.88. The number of unbranched alkanes of at least 4 members (excludes halogenated alkanes) is 3. The van der Waals surface area contributed by atoms with E-state index < -0.39 is 0 Å². The molecule has 2 heteroatoms. The van der Waals surface area contributed by atoms with E-state index >= 15 is 0 Å². The Balaban J connectivity index is 2.35. The van der Waals surface area contributed by atoms with Crippen LogP contribution in [-0.4, -0.2) is 25.8 Å². The second kappa shape index (κ2) is 8.10. The summed E-state index contributed by atoms with van der Waals surface area (Å²) in [4.78, 5) is 0. The Bertz CT molecular complexity index is 185. The van der Waals surface area contributed by atoms with Gasteiger partial charge in [0.2, 0.25) is 0 Å². The molecular formula is C15H31NO. The molecular weight excluding hydrogens is 210 g/mol. The molecule has 1 rings (SSSR count). The standard InChI is InChI=1S/C15H31NO/c1-4-5-6-7-8-15(13-16-14(2)3)9-11-17-12-10-15/h14,16H,4-13H2,1-3H3. The second-order valence-corrected chi connectivity index (χ2v) is 5.96. The van der Waals surface area contributed by atoms with Crippen LogP contribution < -0.4 is 5.32 Å². The summed E-state index contributed by atoms with van der Waals surface area (Å²) in [6, 6.07) is 0.602. The average Bonchev–Trinajstić information content (AvgIpc) is 2.34. The van der Waals surface area contributed by atoms with Gasteiger partial charge in [-0.25, -0.2) is 0 Å². The summed E-state index contributed by atoms with van der Waals surface area (Å²) < 4.78 is 5.53. The van der Waals surface area contributed by atoms with Gasteiger partial charge in [-0.15, -0.1) is 0 Å². The highest BCUT2D eigenvalue weighted by Gasteiger charge is 2.31. The first-order valence-electron chi connectivity index (χ1n) is 7.50. The number of nitrogens with one attached hydrogen (secondary N) is 1. The first-order valence-corrected chi connectivity index (χ1v) is 7.50. The molecule has 1 fully saturated rings. The number of ether oxygens (including phenoxy) is 1. The van der Waals surface area contributed by atoms with Crippen molar-refractivity contribution in [3.05, 3.63) is 0 Å². The van der Waals surface area contributed by atoms with Gasteiger partial charge in [-0.2, -0.15) is 0 Å². The van der Waals surface area contributed by atoms with Crippen molar-refractivity contribution in [2.24, 2.45) is 5.41 Å². The molecule has 102 valence electrons. The quantitative estimate of drug-likeness (QED) is 0.653. The Morgan fingerprint density at radius 3 is 2.41 bits per heavy atom. The van der Waals surface area contributed by atoms with E-state index in [-0.39, 0.29) is 0 Å². The van der Waals surface area contributed by atoms with Crippen LogP contribution in [0.4, 0.5) is 0 Å². The highest BCUT2D eigenvalue weighted by molar-refractivity contribution is 4.84. The van der Waals surface area contributed by atoms with Gasteiger partial charge in [-0.05, 0) is 24.7 Å². The predicted molar refractivity (Wildman–Crippen MR) is 74.4 cm³/mol. The highest BCUT2D eigenvalue weighted by Crippen LogP contribution is 2.35. The van der Waals surface area contributed by atoms with E-state index in [0.717, 1.165) is 13.2 Å². The van der Waals surface area contributed by atoms with E-state index in [0.29, 0.717) is 11.5 Å². The summed E-state index contributed by atoms with van der Waals surface area (Å²) in [7, 11) is 0. The van der Waals surface area contributed by atoms with Gasteiger partial charge in [-0.3, -0.25) is 0 Å². The molecule has 0 aromatic heterocycles. The minimum absolute atomic E-state index is 0.524. The number of rotatable bonds is 8. The van der Waals surface area contributed by atoms with Gasteiger partial charge < -0.3 is 10.1 Å². The van der Waals surface area contributed by atoms with Crippen molar-refractivity contribution < 1.29 is 4.74 Å². The molecule has 0 atom stereocenters. The van der Waals surface area contributed by atoms with Crippen LogP contribution >= 0.6 is 0 Å². The van der Waals surface area contributed by atoms with Crippen LogP contribution in [0.25, 0.3) is 0 Å². The fourth-order valence-corrected chi connectivity index (χ4v) is 2.67. The summed E-state index contributed by atoms with van der Waals surface area (Å²) in [5.41, 5.74) is 0.524. The Labute approximate surface area is 108 Å². The third-order valence-corrected chi connectivity index (χ3v) is 4.00. The minimum atomic E-state index is 0.524. The zero-order valence-corrected chi connectivity index (χ0v) is 12.1. The van der Waals surface area contributed by atoms with Crippen LogP contribution in [0.15, 0.2) is 0 Å². The van der Waals surface area contributed by atoms with Crippen LogP contribution in [0.3, 0.4) is 0 Å². The topological polar surface area (TPSA) is 21.3 Å². The van der Waals surface area contributed by atoms with E-state index in [2.05, 4.69) is 26.1 Å². The van der Waals surface area contributed by atoms with Crippen molar-refractivity contribution in [1.82, 2.24) is 5.32 Å². The minimum Gasteiger partial charge on any atom is -0.381 e. The molecule has 2 nitrogen and oxygen atoms in total. The molecule has 1 heterocycles. The Morgan fingerprint density at radius 2 is 1.82 bits per heavy atom. The molecule has 1 saturated heterocycles. The van der Waals surface area contributed by atoms with Gasteiger partial charge in [0.25, 0.3) is 0 Å². The molecule has 0 aromatic rings. The smallest absolute Gasteiger partial charge is 0.0471 e. The van der Waals surface area contributed by atoms with E-state index in [4.69, 9.17) is 4.74 Å². The summed E-state index contributed by atoms with van der Waals surface area (Å²) >= 11 is 0. The van der Waals surface area contributed by atoms with Gasteiger partial charge in [0.1, 0.15) is 0 Å². The van der Waals surface area contributed by atoms with Gasteiger partial charge in [0, 0.05) is 25.8 Å². The molecule has 1 aliphatic heterocycles. The van der Waals surface area contributed by atoms with E-state index in [1.807, 2.05) is 0 Å². The number of hydrogen-bond donors (Lipinski definition) is 1. The molecule has 0 spiro atoms. The molecule has 17 heavy (non-hydrogen) atoms. The molecule has 0 bridgehead atoms. The van der Waals surface area contributed by atoms with Crippen molar-refractivity contribution in [3.63, 3.8) is 0 Å². The Hall–Kier alpha value is -0.0800. The van der Waals surface area contributed by atoms with E-state index in [1.54, 1.807) is 0 Å². The third kappa shape index (κ3) is 5.87. The van der Waals surface area contributed by atoms with Crippen LogP contribution in [0, 0.1) is 5.41 Å². The van der Waals surface area contributed by atoms with Crippen molar-refractivity contribution in [2.75, 3.05) is 19.8 Å². The zero-order valence-electron chi connectivity index (χ0n) is 12.1. The molecule has 1 aliphatic rings. The molecule has 1 N–H and O–H groups in total. The zero-order chi connectivity index (χ0) is 12.6. The van der Waals surface area contributed by atoms with Crippen molar-refractivity contribution in [1.29, 1.82) is 0 Å². The maximum absolute atomic E-state index is 5.53. The Morgan fingerprint density at radius 1 is 1.12 bits per heavy atom. The second-order valence-electron chi connectivity index (χ2n) is 5.96. The van der Waals surface area contributed by atoms with E-state index in [1.165, 1.54) is 51.5 Å². The SMILES string of the molecule is CCCCCCC1(CNC(C)C)CCOCC1. The number of hydrogen-bond acceptors (Lipinski definition) is 2. The molecule has 0 radical (unpaired) electrons. The van der Waals surface area contributed by atoms with Crippen LogP contribution in [0.5, 0.6) is 0 Å². The first-order chi connectivity index (χ1) is 8.18. The largest absolute Gasteiger partial charge is 0.381 e. The monoisotopic (exact) mass is 241 g/mol. The van der Waals surface area contributed by atoms with Crippen molar-refractivity contribution in [2.45, 2.75) is 71.8 Å². The normalized spacial score (nSPS) is 19.8. The predicted octanol–water partition coefficient (Wildman–Crippen LogP) is 3.75. The lowest BCUT2D eigenvalue weighted by Gasteiger charge is -2.38. The lowest BCUT2D eigenvalue weighted by molar-refractivity contribution is 0.00827. The van der Waals surface area contributed by atoms with Crippen LogP contribution in [0.2, 0.25) is 0 Å². The molecule has 0 unspecified atom stereocenters. The van der Waals surface area contributed by atoms with Gasteiger partial charge >= 0.3 is 0 Å². The van der Waals surface area contributed by atoms with Gasteiger partial charge in [0.05, 0.1) is 0 Å². The maximum Gasteiger partial charge on any atom is 0.0471 e. The fourth-order valence-electron chi connectivity index (χ4n) is 2.67. The first kappa shape index (κ1) is 15.0. The fraction of sp³-hybridized carbons (Fsp3) is 1.00. The van der Waals surface area contributed by atoms with Gasteiger partial charge in [0.15, 0.2) is 0 Å². The average molecular weight is 241 g/mol. The highest BCUT2D eigenvalue weighted by atomic mass is 16.5. The lowest BCUT2D eigenvalue weighted by Crippen LogP contribution is -2.41. The molecule has 0 aromatic carbocycles. The van der Waals surface area contributed by atoms with Crippen molar-refractivity contribution >= 4 is 0 Å². The summed E-state index contributed by atoms with van der Waals surface area (Å²) in [6.07, 6.45) is 9.41. The van der Waals surface area contributed by atoms with E-state index in [9.17, 15) is 0 Å². The Kier molecular flexibility index (Phi) is 7.14. The molecule has 0 aliphatic carbocycles. The maximum atomic E-state index is 5.53. The summed E-state index contributed by atoms with van der Waals surface area (Å²) in [5, 5.41) is 3.64. The molecule has 0 saturated carbocycles. The lowest BCUT2D eigenvalue weighted by atomic mass is 9.75. The van der Waals surface area contributed by atoms with Gasteiger partial charge in [-0.1, -0.05) is 46.5 Å². The van der Waals surface area contributed by atoms with Crippen LogP contribution in [-0.2, 0) is 4.74 Å². The third-order valence-electron chi connectivity index (χ3n) is 4.00. The summed E-state index contributed by atoms with van der Waals surface area (Å²) in [5.74, 6) is 0.